The monoisotopic (exact) mass is 1340 g/mol. The van der Waals surface area contributed by atoms with Gasteiger partial charge in [0.15, 0.2) is 31.5 Å². The zero-order valence-electron chi connectivity index (χ0n) is 54.4. The molecule has 0 bridgehead atoms. The van der Waals surface area contributed by atoms with Crippen molar-refractivity contribution in [2.75, 3.05) is 26.4 Å². The van der Waals surface area contributed by atoms with Crippen LogP contribution in [0, 0.1) is 50.2 Å². The lowest BCUT2D eigenvalue weighted by molar-refractivity contribution is -0.378. The number of ether oxygens (including phenoxy) is 12. The summed E-state index contributed by atoms with van der Waals surface area (Å²) in [6.07, 6.45) is -35.6. The van der Waals surface area contributed by atoms with Crippen LogP contribution in [0.2, 0.25) is 0 Å². The second-order valence-electron chi connectivity index (χ2n) is 31.0. The van der Waals surface area contributed by atoms with Crippen LogP contribution < -0.4 is 0 Å². The Hall–Kier alpha value is -1.87. The third-order valence-corrected chi connectivity index (χ3v) is 24.8. The lowest BCUT2D eigenvalue weighted by atomic mass is 9.33. The van der Waals surface area contributed by atoms with Gasteiger partial charge in [0, 0.05) is 0 Å². The number of allylic oxidation sites excluding steroid dienone is 2. The molecule has 0 aromatic carbocycles. The first-order valence-corrected chi connectivity index (χ1v) is 33.4. The van der Waals surface area contributed by atoms with Gasteiger partial charge in [-0.2, -0.15) is 0 Å². The number of carbonyl (C=O) groups is 1. The van der Waals surface area contributed by atoms with Gasteiger partial charge in [0.05, 0.1) is 50.2 Å². The van der Waals surface area contributed by atoms with Crippen molar-refractivity contribution in [2.24, 2.45) is 50.2 Å². The zero-order valence-corrected chi connectivity index (χ0v) is 54.4. The molecule has 6 heterocycles. The number of aliphatic hydroxyl groups excluding tert-OH is 16. The Bertz CT molecular complexity index is 2620. The topological polar surface area (TPSA) is 452 Å². The van der Waals surface area contributed by atoms with Gasteiger partial charge in [0.2, 0.25) is 6.29 Å². The van der Waals surface area contributed by atoms with E-state index in [2.05, 4.69) is 54.5 Å². The summed E-state index contributed by atoms with van der Waals surface area (Å²) in [4.78, 5) is 15.3. The number of carbonyl (C=O) groups excluding carboxylic acids is 1. The quantitative estimate of drug-likeness (QED) is 0.0467. The molecule has 0 spiro atoms. The Labute approximate surface area is 540 Å². The van der Waals surface area contributed by atoms with E-state index in [-0.39, 0.29) is 46.0 Å². The molecule has 11 aliphatic rings. The summed E-state index contributed by atoms with van der Waals surface area (Å²) >= 11 is 0. The first kappa shape index (κ1) is 72.4. The van der Waals surface area contributed by atoms with Gasteiger partial charge in [-0.25, -0.2) is 0 Å². The van der Waals surface area contributed by atoms with Gasteiger partial charge >= 0.3 is 5.97 Å². The Balaban J connectivity index is 0.762. The molecule has 4 saturated carbocycles. The van der Waals surface area contributed by atoms with Crippen LogP contribution in [-0.4, -0.2) is 292 Å². The van der Waals surface area contributed by atoms with Crippen LogP contribution in [0.1, 0.15) is 127 Å². The molecule has 0 unspecified atom stereocenters. The lowest BCUT2D eigenvalue weighted by Gasteiger charge is -2.71. The molecule has 6 aliphatic heterocycles. The Kier molecular flexibility index (Phi) is 20.9. The Morgan fingerprint density at radius 2 is 1.08 bits per heavy atom. The molecular formula is C64H104O29. The van der Waals surface area contributed by atoms with Crippen molar-refractivity contribution in [1.29, 1.82) is 0 Å². The molecule has 0 aromatic rings. The molecule has 29 nitrogen and oxygen atoms in total. The summed E-state index contributed by atoms with van der Waals surface area (Å²) in [7, 11) is 0. The fourth-order valence-corrected chi connectivity index (χ4v) is 18.7. The molecule has 5 aliphatic carbocycles. The maximum atomic E-state index is 15.3. The summed E-state index contributed by atoms with van der Waals surface area (Å²) in [5.41, 5.74) is -1.40. The van der Waals surface area contributed by atoms with Gasteiger partial charge in [0.25, 0.3) is 0 Å². The Morgan fingerprint density at radius 1 is 0.505 bits per heavy atom. The molecule has 16 N–H and O–H groups in total. The van der Waals surface area contributed by atoms with Crippen LogP contribution in [0.25, 0.3) is 0 Å². The van der Waals surface area contributed by atoms with Crippen LogP contribution in [-0.2, 0) is 61.6 Å². The minimum absolute atomic E-state index is 0.113. The highest BCUT2D eigenvalue weighted by Crippen LogP contribution is 2.76. The lowest BCUT2D eigenvalue weighted by Crippen LogP contribution is -2.66. The minimum atomic E-state index is -1.90. The van der Waals surface area contributed by atoms with E-state index in [1.807, 2.05) is 0 Å². The van der Waals surface area contributed by atoms with Crippen molar-refractivity contribution in [2.45, 2.75) is 305 Å². The number of hydrogen-bond donors (Lipinski definition) is 16. The Morgan fingerprint density at radius 3 is 1.76 bits per heavy atom. The number of fused-ring (bicyclic) bond motifs is 7. The molecule has 10 fully saturated rings. The molecule has 36 atom stereocenters. The van der Waals surface area contributed by atoms with Crippen molar-refractivity contribution in [3.05, 3.63) is 11.6 Å². The molecule has 534 valence electrons. The largest absolute Gasteiger partial charge is 0.432 e. The van der Waals surface area contributed by atoms with Crippen molar-refractivity contribution in [3.63, 3.8) is 0 Å². The smallest absolute Gasteiger partial charge is 0.315 e. The van der Waals surface area contributed by atoms with Crippen LogP contribution in [0.15, 0.2) is 11.6 Å². The number of esters is 1. The first-order valence-electron chi connectivity index (χ1n) is 33.4. The summed E-state index contributed by atoms with van der Waals surface area (Å²) in [5, 5.41) is 174. The standard InChI is InChI=1S/C64H104O29/c1-25-36(68)41(73)45(77)54(85-25)90-49-31(21-65)87-52(47(79)43(49)75)84-24-32-40(72)42(74)46(78)55(88-32)93-58(81)64-18-16-59(3,4)20-28(64)27-10-11-34-61(7)14-13-35(60(5,6)33(61)12-15-63(34,9)62(27,8)17-19-64)89-57-51(39(71)30(67)23-83-57)92-56-48(80)50(37(69)26(2)86-56)91-53-44(76)38(70)29(66)22-82-53/h10,25-26,28-57,65-80H,11-24H2,1-9H3/t25-,26-,28-,29+,30-,31+,32+,33-,34+,35-,36-,37-,38-,39-,40+,41+,42-,43+,44+,45+,46+,47+,48+,49+,50+,51+,52+,53-,54-,55-,56-,57-,61-,62+,63+,64-/m0/s1. The molecule has 93 heavy (non-hydrogen) atoms. The summed E-state index contributed by atoms with van der Waals surface area (Å²) in [6.45, 7) is 16.7. The first-order chi connectivity index (χ1) is 43.5. The summed E-state index contributed by atoms with van der Waals surface area (Å²) in [6, 6.07) is 0. The van der Waals surface area contributed by atoms with Crippen LogP contribution >= 0.6 is 0 Å². The third-order valence-electron chi connectivity index (χ3n) is 24.8. The predicted octanol–water partition coefficient (Wildman–Crippen LogP) is -3.05. The maximum Gasteiger partial charge on any atom is 0.315 e. The molecule has 0 amide bonds. The normalized spacial score (nSPS) is 54.7. The number of rotatable bonds is 14. The molecule has 6 saturated heterocycles. The maximum absolute atomic E-state index is 15.3. The highest BCUT2D eigenvalue weighted by atomic mass is 16.8. The second kappa shape index (κ2) is 26.9. The van der Waals surface area contributed by atoms with Gasteiger partial charge in [-0.3, -0.25) is 4.79 Å². The van der Waals surface area contributed by atoms with Gasteiger partial charge in [-0.1, -0.05) is 60.1 Å². The van der Waals surface area contributed by atoms with E-state index < -0.39 is 215 Å². The molecule has 11 rings (SSSR count). The predicted molar refractivity (Wildman–Crippen MR) is 313 cm³/mol. The zero-order chi connectivity index (χ0) is 67.7. The summed E-state index contributed by atoms with van der Waals surface area (Å²) < 4.78 is 71.5. The molecular weight excluding hydrogens is 1230 g/mol. The van der Waals surface area contributed by atoms with E-state index in [1.54, 1.807) is 0 Å². The van der Waals surface area contributed by atoms with E-state index in [1.165, 1.54) is 19.4 Å². The SMILES string of the molecule is C[C@@H]1O[C@@H](O[C@H]2[C@H](O)[C@@H](O)[C@H](OC[C@H]3O[C@@H](OC(=O)[C@]45CCC(C)(C)C[C@H]4C4=CC[C@@H]6[C@@]7(C)CC[C@H](O[C@@H]8OC[C@H](O)[C@H](O)[C@H]8O[C@@H]8O[C@@H](C)[C@H](O)[C@@H](O[C@@H]9OC[C@@H](O)[C@H](O)[C@H]9O)[C@H]8O)C(C)(C)[C@@H]7CC[C@@]6(C)[C@]4(C)CC5)[C@H](O)[C@@H](O)[C@@H]3O)O[C@@H]2CO)[C@H](O)[C@H](O)[C@H]1O. The molecule has 29 heteroatoms. The van der Waals surface area contributed by atoms with Crippen molar-refractivity contribution >= 4 is 5.97 Å². The van der Waals surface area contributed by atoms with Crippen molar-refractivity contribution in [1.82, 2.24) is 0 Å². The van der Waals surface area contributed by atoms with E-state index in [0.717, 1.165) is 25.7 Å². The third kappa shape index (κ3) is 12.6. The van der Waals surface area contributed by atoms with E-state index in [9.17, 15) is 81.7 Å². The molecule has 0 radical (unpaired) electrons. The fraction of sp³-hybridized carbons (Fsp3) is 0.953. The van der Waals surface area contributed by atoms with E-state index >= 15 is 4.79 Å². The van der Waals surface area contributed by atoms with Gasteiger partial charge in [0.1, 0.15) is 122 Å². The highest BCUT2D eigenvalue weighted by molar-refractivity contribution is 5.79. The van der Waals surface area contributed by atoms with Crippen molar-refractivity contribution in [3.8, 4) is 0 Å². The van der Waals surface area contributed by atoms with Crippen LogP contribution in [0.5, 0.6) is 0 Å². The average Bonchev–Trinajstić information content (AvgIpc) is 0.676. The van der Waals surface area contributed by atoms with Gasteiger partial charge < -0.3 is 139 Å². The van der Waals surface area contributed by atoms with Crippen LogP contribution in [0.4, 0.5) is 0 Å². The van der Waals surface area contributed by atoms with E-state index in [4.69, 9.17) is 56.8 Å². The second-order valence-corrected chi connectivity index (χ2v) is 31.0. The van der Waals surface area contributed by atoms with Gasteiger partial charge in [-0.05, 0) is 123 Å². The highest BCUT2D eigenvalue weighted by Gasteiger charge is 2.70. The number of hydrogen-bond acceptors (Lipinski definition) is 29. The van der Waals surface area contributed by atoms with Gasteiger partial charge in [-0.15, -0.1) is 0 Å². The molecule has 0 aromatic heterocycles. The summed E-state index contributed by atoms with van der Waals surface area (Å²) in [5.74, 6) is -0.598. The van der Waals surface area contributed by atoms with Crippen LogP contribution in [0.3, 0.4) is 0 Å². The average molecular weight is 1340 g/mol. The fourth-order valence-electron chi connectivity index (χ4n) is 18.7. The van der Waals surface area contributed by atoms with Crippen molar-refractivity contribution < 1.29 is 143 Å². The number of aliphatic hydroxyl groups is 16. The van der Waals surface area contributed by atoms with E-state index in [0.29, 0.717) is 38.5 Å². The minimum Gasteiger partial charge on any atom is -0.432 e.